The van der Waals surface area contributed by atoms with Gasteiger partial charge in [0.15, 0.2) is 0 Å². The number of esters is 1. The first-order chi connectivity index (χ1) is 12.2. The average molecular weight is 452 g/mol. The average Bonchev–Trinajstić information content (AvgIpc) is 2.53. The molecule has 2 aromatic carbocycles. The molecule has 0 aromatic heterocycles. The molecule has 2 aromatic rings. The van der Waals surface area contributed by atoms with Crippen LogP contribution in [0.25, 0.3) is 0 Å². The van der Waals surface area contributed by atoms with Gasteiger partial charge in [0.25, 0.3) is 0 Å². The SMILES string of the molecule is Cc1cc(C)c(C(=O)OCC[Si](C)(C)C)c(C[Se](=S)c2ccccc2)c1. The van der Waals surface area contributed by atoms with E-state index in [0.29, 0.717) is 6.61 Å². The molecular formula is C21H28O2SSeSi. The van der Waals surface area contributed by atoms with Crippen LogP contribution in [0.5, 0.6) is 0 Å². The number of benzene rings is 2. The van der Waals surface area contributed by atoms with Crippen LogP contribution >= 0.6 is 10.6 Å². The first kappa shape index (κ1) is 21.2. The molecule has 26 heavy (non-hydrogen) atoms. The maximum absolute atomic E-state index is 12.8. The van der Waals surface area contributed by atoms with E-state index in [0.717, 1.165) is 33.6 Å². The minimum absolute atomic E-state index is 0.197. The predicted molar refractivity (Wildman–Crippen MR) is 117 cm³/mol. The van der Waals surface area contributed by atoms with Gasteiger partial charge in [0.2, 0.25) is 0 Å². The van der Waals surface area contributed by atoms with Crippen LogP contribution in [0.1, 0.15) is 27.0 Å². The van der Waals surface area contributed by atoms with Crippen LogP contribution in [0.2, 0.25) is 25.7 Å². The number of hydrogen-bond donors (Lipinski definition) is 0. The normalized spacial score (nSPS) is 12.7. The van der Waals surface area contributed by atoms with Gasteiger partial charge in [-0.1, -0.05) is 0 Å². The molecule has 2 nitrogen and oxygen atoms in total. The van der Waals surface area contributed by atoms with Gasteiger partial charge in [-0.15, -0.1) is 0 Å². The van der Waals surface area contributed by atoms with E-state index in [4.69, 9.17) is 15.3 Å². The Morgan fingerprint density at radius 2 is 1.77 bits per heavy atom. The van der Waals surface area contributed by atoms with E-state index >= 15 is 0 Å². The Balaban J connectivity index is 2.23. The summed E-state index contributed by atoms with van der Waals surface area (Å²) in [6.45, 7) is 11.4. The summed E-state index contributed by atoms with van der Waals surface area (Å²) in [7, 11) is 4.61. The molecule has 0 spiro atoms. The van der Waals surface area contributed by atoms with Crippen LogP contribution < -0.4 is 4.46 Å². The Labute approximate surface area is 166 Å². The van der Waals surface area contributed by atoms with E-state index < -0.39 is 20.3 Å². The van der Waals surface area contributed by atoms with Crippen molar-refractivity contribution in [2.24, 2.45) is 0 Å². The Bertz CT molecular complexity index is 798. The van der Waals surface area contributed by atoms with Crippen LogP contribution in [0.15, 0.2) is 42.5 Å². The summed E-state index contributed by atoms with van der Waals surface area (Å²) in [5.74, 6) is -0.197. The first-order valence-corrected chi connectivity index (χ1v) is 17.1. The van der Waals surface area contributed by atoms with Gasteiger partial charge in [0.05, 0.1) is 0 Å². The van der Waals surface area contributed by atoms with Gasteiger partial charge >= 0.3 is 167 Å². The van der Waals surface area contributed by atoms with Crippen molar-refractivity contribution in [3.8, 4) is 0 Å². The second kappa shape index (κ2) is 9.18. The third-order valence-electron chi connectivity index (χ3n) is 4.14. The molecule has 0 saturated carbocycles. The second-order valence-electron chi connectivity index (χ2n) is 7.87. The van der Waals surface area contributed by atoms with Gasteiger partial charge in [0, 0.05) is 0 Å². The van der Waals surface area contributed by atoms with Gasteiger partial charge in [-0.05, 0) is 0 Å². The van der Waals surface area contributed by atoms with E-state index in [1.807, 2.05) is 25.1 Å². The van der Waals surface area contributed by atoms with Crippen molar-refractivity contribution in [2.75, 3.05) is 6.61 Å². The van der Waals surface area contributed by atoms with Crippen LogP contribution in [0.4, 0.5) is 0 Å². The minimum atomic E-state index is -1.42. The molecule has 0 N–H and O–H groups in total. The third kappa shape index (κ3) is 6.24. The van der Waals surface area contributed by atoms with Crippen LogP contribution in [-0.2, 0) is 10.1 Å². The van der Waals surface area contributed by atoms with Gasteiger partial charge in [-0.25, -0.2) is 0 Å². The quantitative estimate of drug-likeness (QED) is 0.439. The van der Waals surface area contributed by atoms with E-state index in [1.54, 1.807) is 0 Å². The molecule has 0 aliphatic rings. The number of hydrogen-bond acceptors (Lipinski definition) is 3. The first-order valence-electron chi connectivity index (χ1n) is 8.88. The van der Waals surface area contributed by atoms with Crippen molar-refractivity contribution >= 4 is 41.3 Å². The molecule has 1 atom stereocenters. The molecule has 5 heteroatoms. The van der Waals surface area contributed by atoms with Gasteiger partial charge in [0.1, 0.15) is 0 Å². The molecule has 0 saturated heterocycles. The summed E-state index contributed by atoms with van der Waals surface area (Å²) in [6, 6.07) is 15.4. The summed E-state index contributed by atoms with van der Waals surface area (Å²) in [5, 5.41) is 0.778. The summed E-state index contributed by atoms with van der Waals surface area (Å²) in [6.07, 6.45) is 0. The van der Waals surface area contributed by atoms with E-state index in [-0.39, 0.29) is 5.97 Å². The van der Waals surface area contributed by atoms with Crippen molar-refractivity contribution in [1.29, 1.82) is 0 Å². The molecule has 0 radical (unpaired) electrons. The standard InChI is InChI=1S/C21H28O2SSeSi/c1-16-13-17(2)20(21(22)23-11-12-26(3,4)5)18(14-16)15-25(24)19-9-7-6-8-10-19/h6-10,13-14H,11-12,15H2,1-5H3. The molecule has 0 fully saturated rings. The zero-order valence-electron chi connectivity index (χ0n) is 16.3. The Morgan fingerprint density at radius 3 is 2.38 bits per heavy atom. The zero-order chi connectivity index (χ0) is 19.3. The zero-order valence-corrected chi connectivity index (χ0v) is 19.8. The van der Waals surface area contributed by atoms with Crippen LogP contribution in [-0.4, -0.2) is 32.9 Å². The van der Waals surface area contributed by atoms with E-state index in [2.05, 4.69) is 50.8 Å². The van der Waals surface area contributed by atoms with Crippen LogP contribution in [0.3, 0.4) is 0 Å². The van der Waals surface area contributed by atoms with Gasteiger partial charge < -0.3 is 0 Å². The van der Waals surface area contributed by atoms with Crippen molar-refractivity contribution in [3.63, 3.8) is 0 Å². The molecule has 2 rings (SSSR count). The van der Waals surface area contributed by atoms with Gasteiger partial charge in [-0.2, -0.15) is 0 Å². The van der Waals surface area contributed by atoms with Crippen molar-refractivity contribution in [1.82, 2.24) is 0 Å². The maximum atomic E-state index is 12.8. The van der Waals surface area contributed by atoms with Crippen molar-refractivity contribution in [2.45, 2.75) is 44.9 Å². The molecule has 0 amide bonds. The third-order valence-corrected chi connectivity index (χ3v) is 10.3. The molecule has 0 bridgehead atoms. The van der Waals surface area contributed by atoms with Crippen molar-refractivity contribution in [3.05, 3.63) is 64.7 Å². The summed E-state index contributed by atoms with van der Waals surface area (Å²) in [5.41, 5.74) is 3.92. The summed E-state index contributed by atoms with van der Waals surface area (Å²) >= 11 is -1.42. The van der Waals surface area contributed by atoms with Crippen molar-refractivity contribution < 1.29 is 9.53 Å². The fourth-order valence-electron chi connectivity index (χ4n) is 2.78. The Hall–Kier alpha value is -1.13. The molecule has 1 unspecified atom stereocenters. The van der Waals surface area contributed by atoms with E-state index in [1.165, 1.54) is 4.46 Å². The topological polar surface area (TPSA) is 26.3 Å². The number of carbonyl (C=O) groups excluding carboxylic acids is 1. The number of carbonyl (C=O) groups is 1. The Morgan fingerprint density at radius 1 is 1.12 bits per heavy atom. The molecule has 0 aliphatic heterocycles. The molecule has 0 heterocycles. The fourth-order valence-corrected chi connectivity index (χ4v) is 7.12. The monoisotopic (exact) mass is 452 g/mol. The molecular weight excluding hydrogens is 423 g/mol. The fraction of sp³-hybridized carbons (Fsp3) is 0.381. The van der Waals surface area contributed by atoms with Gasteiger partial charge in [-0.3, -0.25) is 0 Å². The summed E-state index contributed by atoms with van der Waals surface area (Å²) in [4.78, 5) is 12.8. The molecule has 0 aliphatic carbocycles. The molecule has 140 valence electrons. The van der Waals surface area contributed by atoms with Crippen LogP contribution in [0, 0.1) is 13.8 Å². The van der Waals surface area contributed by atoms with E-state index in [9.17, 15) is 4.79 Å². The Kier molecular flexibility index (Phi) is 7.48. The second-order valence-corrected chi connectivity index (χ2v) is 18.6. The summed E-state index contributed by atoms with van der Waals surface area (Å²) < 4.78 is 6.86. The number of aryl methyl sites for hydroxylation is 2. The number of ether oxygens (including phenoxy) is 1. The number of rotatable bonds is 7. The predicted octanol–water partition coefficient (Wildman–Crippen LogP) is 4.98.